The number of rotatable bonds is 0. The van der Waals surface area contributed by atoms with E-state index in [-0.39, 0.29) is 11.2 Å². The van der Waals surface area contributed by atoms with Crippen molar-refractivity contribution in [1.82, 2.24) is 0 Å². The van der Waals surface area contributed by atoms with Crippen LogP contribution in [0.4, 0.5) is 0 Å². The molecule has 79 valence electrons. The van der Waals surface area contributed by atoms with E-state index in [1.807, 2.05) is 12.1 Å². The van der Waals surface area contributed by atoms with Gasteiger partial charge >= 0.3 is 0 Å². The molecule has 0 aliphatic heterocycles. The molecule has 0 atom stereocenters. The van der Waals surface area contributed by atoms with E-state index in [1.54, 1.807) is 12.1 Å². The highest BCUT2D eigenvalue weighted by Gasteiger charge is 2.34. The highest BCUT2D eigenvalue weighted by atomic mass is 16.3. The first-order valence-electron chi connectivity index (χ1n) is 5.52. The maximum Gasteiger partial charge on any atom is 0.179 e. The van der Waals surface area contributed by atoms with Crippen LogP contribution in [0.2, 0.25) is 0 Å². The molecule has 0 saturated heterocycles. The van der Waals surface area contributed by atoms with Gasteiger partial charge in [-0.2, -0.15) is 0 Å². The first kappa shape index (κ1) is 9.46. The third-order valence-corrected chi connectivity index (χ3v) is 3.55. The lowest BCUT2D eigenvalue weighted by atomic mass is 9.82. The predicted octanol–water partition coefficient (Wildman–Crippen LogP) is 4.14. The van der Waals surface area contributed by atoms with Crippen molar-refractivity contribution in [2.75, 3.05) is 0 Å². The molecule has 2 aromatic carbocycles. The third-order valence-electron chi connectivity index (χ3n) is 3.55. The molecule has 3 rings (SSSR count). The molecule has 0 unspecified atom stereocenters. The van der Waals surface area contributed by atoms with Gasteiger partial charge in [0, 0.05) is 5.41 Å². The van der Waals surface area contributed by atoms with Crippen molar-refractivity contribution < 1.29 is 5.11 Å². The van der Waals surface area contributed by atoms with Crippen molar-refractivity contribution in [2.45, 2.75) is 19.3 Å². The molecule has 16 heavy (non-hydrogen) atoms. The number of hydrogen-bond donors (Lipinski definition) is 0. The lowest BCUT2D eigenvalue weighted by molar-refractivity contribution is 0.355. The van der Waals surface area contributed by atoms with Gasteiger partial charge in [-0.1, -0.05) is 44.2 Å². The van der Waals surface area contributed by atoms with E-state index in [0.29, 0.717) is 0 Å². The fourth-order valence-electron chi connectivity index (χ4n) is 2.70. The summed E-state index contributed by atoms with van der Waals surface area (Å²) in [6.45, 7) is 4.42. The average Bonchev–Trinajstić information content (AvgIpc) is 2.49. The SMILES string of the molecule is CC1(C)c2ccccc2-c2cc([O])ccc21. The normalized spacial score (nSPS) is 15.6. The Balaban J connectivity index is 2.40. The largest absolute Gasteiger partial charge is 0.290 e. The molecule has 1 nitrogen and oxygen atoms in total. The molecule has 1 heteroatoms. The van der Waals surface area contributed by atoms with Crippen molar-refractivity contribution in [1.29, 1.82) is 0 Å². The Morgan fingerprint density at radius 1 is 0.875 bits per heavy atom. The maximum absolute atomic E-state index is 11.4. The summed E-state index contributed by atoms with van der Waals surface area (Å²) in [7, 11) is 0. The van der Waals surface area contributed by atoms with Crippen LogP contribution in [0.15, 0.2) is 42.5 Å². The monoisotopic (exact) mass is 209 g/mol. The van der Waals surface area contributed by atoms with Gasteiger partial charge in [0.1, 0.15) is 0 Å². The minimum atomic E-state index is 0.0135. The van der Waals surface area contributed by atoms with Crippen molar-refractivity contribution in [3.8, 4) is 16.9 Å². The standard InChI is InChI=1S/C15H13O/c1-15(2)13-6-4-3-5-11(13)12-9-10(16)7-8-14(12)15/h3-9H,1-2H3. The van der Waals surface area contributed by atoms with Gasteiger partial charge in [0.15, 0.2) is 5.75 Å². The minimum Gasteiger partial charge on any atom is -0.290 e. The number of hydrogen-bond acceptors (Lipinski definition) is 0. The molecule has 0 aromatic heterocycles. The Kier molecular flexibility index (Phi) is 1.70. The second-order valence-electron chi connectivity index (χ2n) is 4.88. The van der Waals surface area contributed by atoms with Gasteiger partial charge in [-0.15, -0.1) is 0 Å². The lowest BCUT2D eigenvalue weighted by Crippen LogP contribution is -2.14. The molecule has 0 fully saturated rings. The Morgan fingerprint density at radius 2 is 1.56 bits per heavy atom. The van der Waals surface area contributed by atoms with Crippen LogP contribution in [0.25, 0.3) is 11.1 Å². The predicted molar refractivity (Wildman–Crippen MR) is 64.1 cm³/mol. The summed E-state index contributed by atoms with van der Waals surface area (Å²) in [5.41, 5.74) is 4.90. The topological polar surface area (TPSA) is 19.9 Å². The molecule has 1 aliphatic carbocycles. The summed E-state index contributed by atoms with van der Waals surface area (Å²) < 4.78 is 0. The van der Waals surface area contributed by atoms with Gasteiger partial charge in [0.2, 0.25) is 0 Å². The Hall–Kier alpha value is -1.76. The molecule has 0 saturated carbocycles. The molecule has 1 aliphatic rings. The zero-order chi connectivity index (χ0) is 11.3. The molecule has 0 amide bonds. The highest BCUT2D eigenvalue weighted by Crippen LogP contribution is 2.49. The van der Waals surface area contributed by atoms with Gasteiger partial charge in [-0.05, 0) is 34.4 Å². The quantitative estimate of drug-likeness (QED) is 0.621. The summed E-state index contributed by atoms with van der Waals surface area (Å²) >= 11 is 0. The molecule has 2 aromatic rings. The smallest absolute Gasteiger partial charge is 0.179 e. The van der Waals surface area contributed by atoms with E-state index in [2.05, 4.69) is 32.0 Å². The van der Waals surface area contributed by atoms with Crippen LogP contribution in [0.3, 0.4) is 0 Å². The van der Waals surface area contributed by atoms with Crippen LogP contribution < -0.4 is 0 Å². The summed E-state index contributed by atoms with van der Waals surface area (Å²) in [5, 5.41) is 11.4. The summed E-state index contributed by atoms with van der Waals surface area (Å²) in [6, 6.07) is 13.7. The van der Waals surface area contributed by atoms with Gasteiger partial charge in [0.25, 0.3) is 0 Å². The fourth-order valence-corrected chi connectivity index (χ4v) is 2.70. The Labute approximate surface area is 95.4 Å². The second kappa shape index (κ2) is 2.88. The highest BCUT2D eigenvalue weighted by molar-refractivity contribution is 5.81. The number of benzene rings is 2. The Bertz CT molecular complexity index is 567. The second-order valence-corrected chi connectivity index (χ2v) is 4.88. The lowest BCUT2D eigenvalue weighted by Gasteiger charge is -2.20. The van der Waals surface area contributed by atoms with Crippen molar-refractivity contribution >= 4 is 0 Å². The summed E-state index contributed by atoms with van der Waals surface area (Å²) in [5.74, 6) is 0.0891. The van der Waals surface area contributed by atoms with Crippen LogP contribution >= 0.6 is 0 Å². The van der Waals surface area contributed by atoms with Gasteiger partial charge in [-0.25, -0.2) is 0 Å². The van der Waals surface area contributed by atoms with Crippen molar-refractivity contribution in [3.05, 3.63) is 53.6 Å². The third kappa shape index (κ3) is 1.06. The molecular weight excluding hydrogens is 196 g/mol. The Morgan fingerprint density at radius 3 is 2.38 bits per heavy atom. The van der Waals surface area contributed by atoms with E-state index >= 15 is 0 Å². The van der Waals surface area contributed by atoms with E-state index in [0.717, 1.165) is 5.56 Å². The van der Waals surface area contributed by atoms with Gasteiger partial charge in [-0.3, -0.25) is 5.11 Å². The number of fused-ring (bicyclic) bond motifs is 3. The van der Waals surface area contributed by atoms with Crippen LogP contribution in [-0.4, -0.2) is 0 Å². The zero-order valence-electron chi connectivity index (χ0n) is 9.45. The van der Waals surface area contributed by atoms with Gasteiger partial charge in [0.05, 0.1) is 0 Å². The van der Waals surface area contributed by atoms with Crippen LogP contribution in [0.1, 0.15) is 25.0 Å². The molecule has 0 N–H and O–H groups in total. The molecule has 0 heterocycles. The van der Waals surface area contributed by atoms with Gasteiger partial charge < -0.3 is 0 Å². The first-order chi connectivity index (χ1) is 7.60. The molecule has 0 spiro atoms. The van der Waals surface area contributed by atoms with Crippen LogP contribution in [0, 0.1) is 0 Å². The zero-order valence-corrected chi connectivity index (χ0v) is 9.45. The first-order valence-corrected chi connectivity index (χ1v) is 5.52. The minimum absolute atomic E-state index is 0.0135. The maximum atomic E-state index is 11.4. The van der Waals surface area contributed by atoms with Crippen LogP contribution in [0.5, 0.6) is 5.75 Å². The van der Waals surface area contributed by atoms with E-state index < -0.39 is 0 Å². The van der Waals surface area contributed by atoms with Crippen molar-refractivity contribution in [3.63, 3.8) is 0 Å². The molecule has 1 radical (unpaired) electrons. The van der Waals surface area contributed by atoms with Crippen molar-refractivity contribution in [2.24, 2.45) is 0 Å². The average molecular weight is 209 g/mol. The fraction of sp³-hybridized carbons (Fsp3) is 0.200. The van der Waals surface area contributed by atoms with E-state index in [9.17, 15) is 5.11 Å². The summed E-state index contributed by atoms with van der Waals surface area (Å²) in [6.07, 6.45) is 0. The molecule has 0 bridgehead atoms. The summed E-state index contributed by atoms with van der Waals surface area (Å²) in [4.78, 5) is 0. The van der Waals surface area contributed by atoms with Crippen LogP contribution in [-0.2, 0) is 10.5 Å². The van der Waals surface area contributed by atoms with E-state index in [1.165, 1.54) is 16.7 Å². The van der Waals surface area contributed by atoms with E-state index in [4.69, 9.17) is 0 Å². The molecular formula is C15H13O.